The molecule has 0 spiro atoms. The van der Waals surface area contributed by atoms with Gasteiger partial charge in [-0.15, -0.1) is 0 Å². The number of nitrogens with zero attached hydrogens (tertiary/aromatic N) is 1. The molecule has 0 saturated heterocycles. The van der Waals surface area contributed by atoms with E-state index in [0.29, 0.717) is 0 Å². The first-order chi connectivity index (χ1) is 7.08. The minimum Gasteiger partial charge on any atom is -0.369 e. The van der Waals surface area contributed by atoms with Crippen molar-refractivity contribution in [2.45, 2.75) is 6.42 Å². The Morgan fingerprint density at radius 3 is 2.93 bits per heavy atom. The summed E-state index contributed by atoms with van der Waals surface area (Å²) in [4.78, 5) is 10.8. The number of carbonyl (C=O) groups excluding carboxylic acids is 1. The molecule has 0 atom stereocenters. The van der Waals surface area contributed by atoms with Crippen molar-refractivity contribution in [1.29, 1.82) is 0 Å². The predicted molar refractivity (Wildman–Crippen MR) is 55.8 cm³/mol. The second-order valence-electron chi connectivity index (χ2n) is 3.57. The van der Waals surface area contributed by atoms with Gasteiger partial charge in [-0.25, -0.2) is 4.39 Å². The summed E-state index contributed by atoms with van der Waals surface area (Å²) in [7, 11) is 1.81. The molecular formula is C11H11FN2O. The highest BCUT2D eigenvalue weighted by molar-refractivity contribution is 5.88. The first-order valence-electron chi connectivity index (χ1n) is 4.59. The maximum atomic E-state index is 13.0. The van der Waals surface area contributed by atoms with Crippen LogP contribution in [0.15, 0.2) is 24.4 Å². The second kappa shape index (κ2) is 3.38. The molecular weight excluding hydrogens is 195 g/mol. The summed E-state index contributed by atoms with van der Waals surface area (Å²) in [5.74, 6) is -0.666. The normalized spacial score (nSPS) is 10.8. The largest absolute Gasteiger partial charge is 0.369 e. The third-order valence-corrected chi connectivity index (χ3v) is 2.40. The lowest BCUT2D eigenvalue weighted by Gasteiger charge is -1.96. The van der Waals surface area contributed by atoms with E-state index >= 15 is 0 Å². The monoisotopic (exact) mass is 206 g/mol. The van der Waals surface area contributed by atoms with E-state index in [9.17, 15) is 9.18 Å². The number of hydrogen-bond donors (Lipinski definition) is 1. The Kier molecular flexibility index (Phi) is 2.19. The van der Waals surface area contributed by atoms with Gasteiger partial charge >= 0.3 is 0 Å². The van der Waals surface area contributed by atoms with Crippen molar-refractivity contribution in [3.05, 3.63) is 35.8 Å². The molecule has 1 heterocycles. The molecule has 2 aromatic rings. The average Bonchev–Trinajstić information content (AvgIpc) is 2.42. The van der Waals surface area contributed by atoms with Crippen molar-refractivity contribution in [2.75, 3.05) is 0 Å². The average molecular weight is 206 g/mol. The molecule has 0 radical (unpaired) electrons. The van der Waals surface area contributed by atoms with Crippen LogP contribution in [-0.2, 0) is 18.3 Å². The Bertz CT molecular complexity index is 531. The SMILES string of the molecule is Cn1cc(CC(N)=O)c2ccc(F)cc21. The number of nitrogens with two attached hydrogens (primary N) is 1. The fourth-order valence-corrected chi connectivity index (χ4v) is 1.77. The van der Waals surface area contributed by atoms with Crippen LogP contribution >= 0.6 is 0 Å². The van der Waals surface area contributed by atoms with Crippen molar-refractivity contribution < 1.29 is 9.18 Å². The number of fused-ring (bicyclic) bond motifs is 1. The highest BCUT2D eigenvalue weighted by Crippen LogP contribution is 2.21. The van der Waals surface area contributed by atoms with Crippen molar-refractivity contribution in [3.8, 4) is 0 Å². The first-order valence-corrected chi connectivity index (χ1v) is 4.59. The van der Waals surface area contributed by atoms with Crippen molar-refractivity contribution in [2.24, 2.45) is 12.8 Å². The van der Waals surface area contributed by atoms with E-state index in [-0.39, 0.29) is 18.1 Å². The third-order valence-electron chi connectivity index (χ3n) is 2.40. The molecule has 0 unspecified atom stereocenters. The van der Waals surface area contributed by atoms with Gasteiger partial charge in [-0.05, 0) is 23.8 Å². The molecule has 1 aromatic carbocycles. The molecule has 0 bridgehead atoms. The lowest BCUT2D eigenvalue weighted by Crippen LogP contribution is -2.13. The third kappa shape index (κ3) is 1.70. The molecule has 2 rings (SSSR count). The smallest absolute Gasteiger partial charge is 0.221 e. The van der Waals surface area contributed by atoms with Gasteiger partial charge in [0.1, 0.15) is 5.82 Å². The zero-order valence-corrected chi connectivity index (χ0v) is 8.33. The molecule has 0 aliphatic rings. The summed E-state index contributed by atoms with van der Waals surface area (Å²) in [6.45, 7) is 0. The molecule has 0 saturated carbocycles. The molecule has 2 N–H and O–H groups in total. The minimum absolute atomic E-state index is 0.184. The molecule has 0 fully saturated rings. The van der Waals surface area contributed by atoms with Gasteiger partial charge in [0.05, 0.1) is 11.9 Å². The molecule has 15 heavy (non-hydrogen) atoms. The number of primary amides is 1. The van der Waals surface area contributed by atoms with Gasteiger partial charge < -0.3 is 10.3 Å². The van der Waals surface area contributed by atoms with Crippen LogP contribution in [0.3, 0.4) is 0 Å². The molecule has 1 amide bonds. The molecule has 3 nitrogen and oxygen atoms in total. The van der Waals surface area contributed by atoms with Crippen LogP contribution in [0.4, 0.5) is 4.39 Å². The fourth-order valence-electron chi connectivity index (χ4n) is 1.77. The second-order valence-corrected chi connectivity index (χ2v) is 3.57. The van der Waals surface area contributed by atoms with Gasteiger partial charge in [0.15, 0.2) is 0 Å². The number of carbonyl (C=O) groups is 1. The highest BCUT2D eigenvalue weighted by Gasteiger charge is 2.09. The highest BCUT2D eigenvalue weighted by atomic mass is 19.1. The summed E-state index contributed by atoms with van der Waals surface area (Å²) in [5.41, 5.74) is 6.74. The number of halogens is 1. The maximum absolute atomic E-state index is 13.0. The van der Waals surface area contributed by atoms with Crippen LogP contribution < -0.4 is 5.73 Å². The number of aromatic nitrogens is 1. The van der Waals surface area contributed by atoms with Gasteiger partial charge in [-0.3, -0.25) is 4.79 Å². The Hall–Kier alpha value is -1.84. The van der Waals surface area contributed by atoms with Crippen molar-refractivity contribution >= 4 is 16.8 Å². The van der Waals surface area contributed by atoms with E-state index in [0.717, 1.165) is 16.5 Å². The minimum atomic E-state index is -0.383. The number of benzene rings is 1. The van der Waals surface area contributed by atoms with E-state index in [4.69, 9.17) is 5.73 Å². The first kappa shape index (κ1) is 9.71. The van der Waals surface area contributed by atoms with E-state index < -0.39 is 0 Å². The van der Waals surface area contributed by atoms with Crippen molar-refractivity contribution in [1.82, 2.24) is 4.57 Å². The number of hydrogen-bond acceptors (Lipinski definition) is 1. The van der Waals surface area contributed by atoms with Gasteiger partial charge in [-0.1, -0.05) is 0 Å². The van der Waals surface area contributed by atoms with E-state index in [1.54, 1.807) is 16.8 Å². The summed E-state index contributed by atoms with van der Waals surface area (Å²) in [6, 6.07) is 4.50. The topological polar surface area (TPSA) is 48.0 Å². The van der Waals surface area contributed by atoms with Crippen LogP contribution in [-0.4, -0.2) is 10.5 Å². The Morgan fingerprint density at radius 2 is 2.27 bits per heavy atom. The summed E-state index contributed by atoms with van der Waals surface area (Å²) in [5, 5.41) is 0.873. The molecule has 4 heteroatoms. The zero-order valence-electron chi connectivity index (χ0n) is 8.33. The summed E-state index contributed by atoms with van der Waals surface area (Å²) < 4.78 is 14.8. The number of aryl methyl sites for hydroxylation is 1. The van der Waals surface area contributed by atoms with Crippen LogP contribution in [0.1, 0.15) is 5.56 Å². The summed E-state index contributed by atoms with van der Waals surface area (Å²) in [6.07, 6.45) is 1.98. The quantitative estimate of drug-likeness (QED) is 0.792. The van der Waals surface area contributed by atoms with Crippen molar-refractivity contribution in [3.63, 3.8) is 0 Å². The van der Waals surface area contributed by atoms with Crippen LogP contribution in [0.25, 0.3) is 10.9 Å². The zero-order chi connectivity index (χ0) is 11.0. The van der Waals surface area contributed by atoms with Gasteiger partial charge in [0, 0.05) is 18.6 Å². The molecule has 0 aliphatic heterocycles. The van der Waals surface area contributed by atoms with E-state index in [2.05, 4.69) is 0 Å². The van der Waals surface area contributed by atoms with E-state index in [1.165, 1.54) is 12.1 Å². The van der Waals surface area contributed by atoms with Gasteiger partial charge in [0.2, 0.25) is 5.91 Å². The Balaban J connectivity index is 2.62. The van der Waals surface area contributed by atoms with Gasteiger partial charge in [-0.2, -0.15) is 0 Å². The van der Waals surface area contributed by atoms with Gasteiger partial charge in [0.25, 0.3) is 0 Å². The van der Waals surface area contributed by atoms with Crippen LogP contribution in [0, 0.1) is 5.82 Å². The maximum Gasteiger partial charge on any atom is 0.221 e. The Morgan fingerprint density at radius 1 is 1.53 bits per heavy atom. The predicted octanol–water partition coefficient (Wildman–Crippen LogP) is 1.35. The van der Waals surface area contributed by atoms with Crippen LogP contribution in [0.2, 0.25) is 0 Å². The molecule has 78 valence electrons. The van der Waals surface area contributed by atoms with Crippen LogP contribution in [0.5, 0.6) is 0 Å². The molecule has 0 aliphatic carbocycles. The standard InChI is InChI=1S/C11H11FN2O/c1-14-6-7(4-11(13)15)9-3-2-8(12)5-10(9)14/h2-3,5-6H,4H2,1H3,(H2,13,15). The van der Waals surface area contributed by atoms with E-state index in [1.807, 2.05) is 7.05 Å². The lowest BCUT2D eigenvalue weighted by atomic mass is 10.1. The number of rotatable bonds is 2. The fraction of sp³-hybridized carbons (Fsp3) is 0.182. The Labute approximate surface area is 86.3 Å². The number of amides is 1. The molecule has 1 aromatic heterocycles. The lowest BCUT2D eigenvalue weighted by molar-refractivity contribution is -0.117. The summed E-state index contributed by atoms with van der Waals surface area (Å²) >= 11 is 0.